The van der Waals surface area contributed by atoms with Gasteiger partial charge in [0, 0.05) is 30.2 Å². The van der Waals surface area contributed by atoms with Crippen molar-refractivity contribution in [1.82, 2.24) is 14.7 Å². The fraction of sp³-hybridized carbons (Fsp3) is 0.526. The number of carbonyl (C=O) groups is 1. The number of fused-ring (bicyclic) bond motifs is 1. The van der Waals surface area contributed by atoms with Crippen molar-refractivity contribution in [1.29, 1.82) is 5.26 Å². The van der Waals surface area contributed by atoms with Crippen molar-refractivity contribution in [2.24, 2.45) is 13.0 Å². The van der Waals surface area contributed by atoms with Crippen molar-refractivity contribution in [3.63, 3.8) is 0 Å². The minimum absolute atomic E-state index is 0.0847. The summed E-state index contributed by atoms with van der Waals surface area (Å²) in [6, 6.07) is 2.31. The van der Waals surface area contributed by atoms with E-state index in [-0.39, 0.29) is 12.5 Å². The van der Waals surface area contributed by atoms with Gasteiger partial charge in [0.25, 0.3) is 0 Å². The van der Waals surface area contributed by atoms with Gasteiger partial charge in [0.2, 0.25) is 5.91 Å². The van der Waals surface area contributed by atoms with Crippen LogP contribution >= 0.6 is 11.3 Å². The molecule has 0 spiro atoms. The number of rotatable bonds is 6. The van der Waals surface area contributed by atoms with E-state index >= 15 is 0 Å². The fourth-order valence-corrected chi connectivity index (χ4v) is 4.87. The first-order valence-corrected chi connectivity index (χ1v) is 9.82. The summed E-state index contributed by atoms with van der Waals surface area (Å²) in [5.41, 5.74) is 2.89. The minimum atomic E-state index is -0.0847. The van der Waals surface area contributed by atoms with Crippen LogP contribution in [0.5, 0.6) is 0 Å². The molecule has 1 aliphatic rings. The smallest absolute Gasteiger partial charge is 0.239 e. The van der Waals surface area contributed by atoms with Gasteiger partial charge in [0.05, 0.1) is 18.3 Å². The highest BCUT2D eigenvalue weighted by molar-refractivity contribution is 7.16. The number of hydrogen-bond acceptors (Lipinski definition) is 5. The Balaban J connectivity index is 1.64. The summed E-state index contributed by atoms with van der Waals surface area (Å²) >= 11 is 1.58. The van der Waals surface area contributed by atoms with Crippen molar-refractivity contribution in [2.75, 3.05) is 18.9 Å². The first-order chi connectivity index (χ1) is 12.5. The van der Waals surface area contributed by atoms with Gasteiger partial charge in [-0.05, 0) is 37.8 Å². The van der Waals surface area contributed by atoms with Crippen molar-refractivity contribution in [3.8, 4) is 6.07 Å². The second-order valence-electron chi connectivity index (χ2n) is 7.08. The number of nitriles is 1. The van der Waals surface area contributed by atoms with Gasteiger partial charge in [-0.25, -0.2) is 0 Å². The van der Waals surface area contributed by atoms with Gasteiger partial charge >= 0.3 is 0 Å². The molecule has 1 amide bonds. The minimum Gasteiger partial charge on any atom is -0.315 e. The molecule has 138 valence electrons. The molecule has 0 fully saturated rings. The molecule has 2 heterocycles. The lowest BCUT2D eigenvalue weighted by atomic mass is 9.86. The van der Waals surface area contributed by atoms with Gasteiger partial charge in [-0.2, -0.15) is 10.4 Å². The molecule has 3 rings (SSSR count). The first-order valence-electron chi connectivity index (χ1n) is 9.00. The van der Waals surface area contributed by atoms with Gasteiger partial charge in [-0.3, -0.25) is 14.4 Å². The number of hydrogen-bond donors (Lipinski definition) is 1. The molecule has 1 atom stereocenters. The van der Waals surface area contributed by atoms with Crippen LogP contribution in [0.15, 0.2) is 12.4 Å². The number of amides is 1. The summed E-state index contributed by atoms with van der Waals surface area (Å²) in [5.74, 6) is 0.611. The predicted octanol–water partition coefficient (Wildman–Crippen LogP) is 2.94. The summed E-state index contributed by atoms with van der Waals surface area (Å²) in [6.45, 7) is 3.15. The van der Waals surface area contributed by atoms with Gasteiger partial charge in [0.15, 0.2) is 0 Å². The van der Waals surface area contributed by atoms with Crippen molar-refractivity contribution in [3.05, 3.63) is 34.0 Å². The third kappa shape index (κ3) is 4.14. The summed E-state index contributed by atoms with van der Waals surface area (Å²) in [4.78, 5) is 15.7. The number of nitrogens with zero attached hydrogens (tertiary/aromatic N) is 4. The van der Waals surface area contributed by atoms with Crippen LogP contribution in [0.1, 0.15) is 41.3 Å². The Labute approximate surface area is 158 Å². The normalized spacial score (nSPS) is 16.3. The van der Waals surface area contributed by atoms with Gasteiger partial charge < -0.3 is 5.32 Å². The second-order valence-corrected chi connectivity index (χ2v) is 8.18. The number of aromatic nitrogens is 2. The number of nitrogens with one attached hydrogen (secondary N) is 1. The van der Waals surface area contributed by atoms with E-state index in [4.69, 9.17) is 0 Å². The number of carbonyl (C=O) groups excluding carboxylic acids is 1. The van der Waals surface area contributed by atoms with Crippen LogP contribution in [0.4, 0.5) is 5.00 Å². The first kappa shape index (κ1) is 18.6. The van der Waals surface area contributed by atoms with E-state index in [1.807, 2.05) is 25.2 Å². The molecule has 2 aromatic heterocycles. The average Bonchev–Trinajstić information content (AvgIpc) is 3.16. The maximum Gasteiger partial charge on any atom is 0.239 e. The number of aryl methyl sites for hydroxylation is 1. The van der Waals surface area contributed by atoms with Crippen LogP contribution < -0.4 is 5.32 Å². The molecule has 0 saturated heterocycles. The van der Waals surface area contributed by atoms with Crippen molar-refractivity contribution in [2.45, 2.75) is 39.2 Å². The predicted molar refractivity (Wildman–Crippen MR) is 103 cm³/mol. The molecule has 6 nitrogen and oxygen atoms in total. The number of thiophene rings is 1. The highest BCUT2D eigenvalue weighted by atomic mass is 32.1. The number of anilines is 1. The molecule has 26 heavy (non-hydrogen) atoms. The number of likely N-dealkylation sites (N-methyl/N-ethyl adjacent to an activating group) is 1. The van der Waals surface area contributed by atoms with Gasteiger partial charge in [0.1, 0.15) is 11.1 Å². The standard InChI is InChI=1S/C19H25N5OS/c1-4-13-5-6-15-16(8-20)19(26-17(15)7-13)22-18(25)12-23(2)10-14-9-21-24(3)11-14/h9,11,13H,4-7,10,12H2,1-3H3,(H,22,25). The van der Waals surface area contributed by atoms with Crippen molar-refractivity contribution < 1.29 is 4.79 Å². The van der Waals surface area contributed by atoms with Crippen LogP contribution in [-0.2, 0) is 31.2 Å². The summed E-state index contributed by atoms with van der Waals surface area (Å²) in [5, 5.41) is 17.4. The van der Waals surface area contributed by atoms with E-state index < -0.39 is 0 Å². The van der Waals surface area contributed by atoms with E-state index in [0.29, 0.717) is 23.0 Å². The van der Waals surface area contributed by atoms with Crippen LogP contribution in [0.2, 0.25) is 0 Å². The molecule has 0 aliphatic heterocycles. The molecular formula is C19H25N5OS. The Kier molecular flexibility index (Phi) is 5.74. The molecule has 0 radical (unpaired) electrons. The average molecular weight is 372 g/mol. The topological polar surface area (TPSA) is 74.0 Å². The molecule has 0 saturated carbocycles. The zero-order chi connectivity index (χ0) is 18.7. The largest absolute Gasteiger partial charge is 0.315 e. The van der Waals surface area contributed by atoms with E-state index in [1.54, 1.807) is 22.2 Å². The van der Waals surface area contributed by atoms with E-state index in [1.165, 1.54) is 11.3 Å². The van der Waals surface area contributed by atoms with Crippen LogP contribution in [0.3, 0.4) is 0 Å². The third-order valence-electron chi connectivity index (χ3n) is 4.93. The van der Waals surface area contributed by atoms with E-state index in [9.17, 15) is 10.1 Å². The van der Waals surface area contributed by atoms with Crippen LogP contribution in [0.25, 0.3) is 0 Å². The summed E-state index contributed by atoms with van der Waals surface area (Å²) in [6.07, 6.45) is 8.03. The maximum atomic E-state index is 12.4. The molecule has 1 unspecified atom stereocenters. The SMILES string of the molecule is CCC1CCc2c(sc(NC(=O)CN(C)Cc3cnn(C)c3)c2C#N)C1. The highest BCUT2D eigenvalue weighted by Gasteiger charge is 2.25. The summed E-state index contributed by atoms with van der Waals surface area (Å²) in [7, 11) is 3.78. The quantitative estimate of drug-likeness (QED) is 0.847. The fourth-order valence-electron chi connectivity index (χ4n) is 3.54. The lowest BCUT2D eigenvalue weighted by Gasteiger charge is -2.20. The molecule has 0 aromatic carbocycles. The molecule has 2 aromatic rings. The Hall–Kier alpha value is -2.17. The van der Waals surface area contributed by atoms with Crippen molar-refractivity contribution >= 4 is 22.2 Å². The van der Waals surface area contributed by atoms with E-state index in [0.717, 1.165) is 30.4 Å². The molecule has 1 N–H and O–H groups in total. The highest BCUT2D eigenvalue weighted by Crippen LogP contribution is 2.39. The Morgan fingerprint density at radius 2 is 2.38 bits per heavy atom. The Morgan fingerprint density at radius 1 is 1.58 bits per heavy atom. The van der Waals surface area contributed by atoms with E-state index in [2.05, 4.69) is 23.4 Å². The Morgan fingerprint density at radius 3 is 3.04 bits per heavy atom. The van der Waals surface area contributed by atoms with Crippen LogP contribution in [0, 0.1) is 17.2 Å². The lowest BCUT2D eigenvalue weighted by Crippen LogP contribution is -2.29. The molecule has 1 aliphatic carbocycles. The monoisotopic (exact) mass is 371 g/mol. The van der Waals surface area contributed by atoms with Gasteiger partial charge in [-0.1, -0.05) is 13.3 Å². The maximum absolute atomic E-state index is 12.4. The third-order valence-corrected chi connectivity index (χ3v) is 6.10. The molecular weight excluding hydrogens is 346 g/mol. The zero-order valence-electron chi connectivity index (χ0n) is 15.6. The molecule has 0 bridgehead atoms. The Bertz CT molecular complexity index is 832. The molecule has 7 heteroatoms. The zero-order valence-corrected chi connectivity index (χ0v) is 16.4. The summed E-state index contributed by atoms with van der Waals surface area (Å²) < 4.78 is 1.75. The van der Waals surface area contributed by atoms with Gasteiger partial charge in [-0.15, -0.1) is 11.3 Å². The second kappa shape index (κ2) is 8.02. The van der Waals surface area contributed by atoms with Crippen LogP contribution in [-0.4, -0.2) is 34.2 Å². The lowest BCUT2D eigenvalue weighted by molar-refractivity contribution is -0.117.